The van der Waals surface area contributed by atoms with Crippen LogP contribution in [-0.4, -0.2) is 63.3 Å². The number of hydrogen-bond donors (Lipinski definition) is 2. The number of carbonyl (C=O) groups excluding carboxylic acids is 1. The van der Waals surface area contributed by atoms with Gasteiger partial charge in [-0.3, -0.25) is 4.79 Å². The topological polar surface area (TPSA) is 53.6 Å². The van der Waals surface area contributed by atoms with Gasteiger partial charge in [-0.25, -0.2) is 0 Å². The van der Waals surface area contributed by atoms with E-state index >= 15 is 0 Å². The molecule has 1 aliphatic rings. The maximum atomic E-state index is 11.6. The van der Waals surface area contributed by atoms with Gasteiger partial charge in [0.25, 0.3) is 0 Å². The molecule has 0 aromatic rings. The molecular formula is C12H25N3O2. The average molecular weight is 243 g/mol. The fourth-order valence-electron chi connectivity index (χ4n) is 1.97. The molecule has 1 atom stereocenters. The first kappa shape index (κ1) is 14.4. The maximum Gasteiger partial charge on any atom is 0.236 e. The van der Waals surface area contributed by atoms with Crippen LogP contribution in [0.2, 0.25) is 0 Å². The largest absolute Gasteiger partial charge is 0.383 e. The van der Waals surface area contributed by atoms with Crippen LogP contribution < -0.4 is 10.6 Å². The van der Waals surface area contributed by atoms with E-state index in [1.807, 2.05) is 6.92 Å². The normalized spacial score (nSPS) is 18.2. The van der Waals surface area contributed by atoms with Crippen molar-refractivity contribution in [2.75, 3.05) is 46.4 Å². The molecular weight excluding hydrogens is 218 g/mol. The van der Waals surface area contributed by atoms with Gasteiger partial charge in [-0.05, 0) is 32.9 Å². The Kier molecular flexibility index (Phi) is 7.16. The highest BCUT2D eigenvalue weighted by Gasteiger charge is 2.13. The lowest BCUT2D eigenvalue weighted by atomic mass is 10.3. The van der Waals surface area contributed by atoms with Crippen molar-refractivity contribution in [1.29, 1.82) is 0 Å². The van der Waals surface area contributed by atoms with E-state index in [1.165, 1.54) is 25.9 Å². The predicted molar refractivity (Wildman–Crippen MR) is 68.0 cm³/mol. The summed E-state index contributed by atoms with van der Waals surface area (Å²) in [6.45, 7) is 7.35. The van der Waals surface area contributed by atoms with Gasteiger partial charge in [0, 0.05) is 26.7 Å². The first-order valence-corrected chi connectivity index (χ1v) is 6.46. The molecule has 2 N–H and O–H groups in total. The van der Waals surface area contributed by atoms with Gasteiger partial charge in [0.2, 0.25) is 5.91 Å². The number of likely N-dealkylation sites (tertiary alicyclic amines) is 1. The zero-order chi connectivity index (χ0) is 12.5. The average Bonchev–Trinajstić information content (AvgIpc) is 2.82. The monoisotopic (exact) mass is 243 g/mol. The van der Waals surface area contributed by atoms with Crippen molar-refractivity contribution in [1.82, 2.24) is 15.5 Å². The summed E-state index contributed by atoms with van der Waals surface area (Å²) in [7, 11) is 1.63. The highest BCUT2D eigenvalue weighted by Crippen LogP contribution is 2.05. The third kappa shape index (κ3) is 6.00. The molecule has 0 spiro atoms. The van der Waals surface area contributed by atoms with Gasteiger partial charge in [-0.15, -0.1) is 0 Å². The van der Waals surface area contributed by atoms with Crippen LogP contribution in [0.4, 0.5) is 0 Å². The molecule has 1 rings (SSSR count). The van der Waals surface area contributed by atoms with E-state index in [2.05, 4.69) is 15.5 Å². The Morgan fingerprint density at radius 3 is 2.71 bits per heavy atom. The molecule has 0 aliphatic carbocycles. The van der Waals surface area contributed by atoms with Gasteiger partial charge in [-0.1, -0.05) is 0 Å². The molecule has 1 heterocycles. The molecule has 17 heavy (non-hydrogen) atoms. The molecule has 0 bridgehead atoms. The third-order valence-corrected chi connectivity index (χ3v) is 3.08. The van der Waals surface area contributed by atoms with Crippen molar-refractivity contribution in [3.8, 4) is 0 Å². The van der Waals surface area contributed by atoms with E-state index in [0.717, 1.165) is 13.1 Å². The summed E-state index contributed by atoms with van der Waals surface area (Å²) in [6.07, 6.45) is 2.63. The van der Waals surface area contributed by atoms with E-state index < -0.39 is 0 Å². The van der Waals surface area contributed by atoms with Gasteiger partial charge in [0.05, 0.1) is 12.6 Å². The van der Waals surface area contributed by atoms with E-state index in [-0.39, 0.29) is 11.9 Å². The number of carbonyl (C=O) groups is 1. The third-order valence-electron chi connectivity index (χ3n) is 3.08. The Bertz CT molecular complexity index is 218. The lowest BCUT2D eigenvalue weighted by Gasteiger charge is -2.18. The Morgan fingerprint density at radius 1 is 1.35 bits per heavy atom. The maximum absolute atomic E-state index is 11.6. The van der Waals surface area contributed by atoms with Crippen molar-refractivity contribution in [2.45, 2.75) is 25.8 Å². The Morgan fingerprint density at radius 2 is 2.06 bits per heavy atom. The fourth-order valence-corrected chi connectivity index (χ4v) is 1.97. The minimum absolute atomic E-state index is 0.0449. The van der Waals surface area contributed by atoms with Crippen LogP contribution in [0, 0.1) is 0 Å². The molecule has 1 fully saturated rings. The van der Waals surface area contributed by atoms with Crippen molar-refractivity contribution in [2.24, 2.45) is 0 Å². The van der Waals surface area contributed by atoms with Crippen molar-refractivity contribution < 1.29 is 9.53 Å². The Balaban J connectivity index is 2.02. The van der Waals surface area contributed by atoms with Crippen LogP contribution in [0.5, 0.6) is 0 Å². The van der Waals surface area contributed by atoms with Gasteiger partial charge in [-0.2, -0.15) is 0 Å². The number of amides is 1. The molecule has 0 saturated carbocycles. The summed E-state index contributed by atoms with van der Waals surface area (Å²) in [5.74, 6) is 0.0449. The molecule has 5 heteroatoms. The molecule has 1 aliphatic heterocycles. The van der Waals surface area contributed by atoms with Crippen molar-refractivity contribution >= 4 is 5.91 Å². The van der Waals surface area contributed by atoms with Gasteiger partial charge in [0.15, 0.2) is 0 Å². The molecule has 1 unspecified atom stereocenters. The second kappa shape index (κ2) is 8.44. The molecule has 1 amide bonds. The van der Waals surface area contributed by atoms with E-state index in [0.29, 0.717) is 13.2 Å². The summed E-state index contributed by atoms with van der Waals surface area (Å²) >= 11 is 0. The zero-order valence-electron chi connectivity index (χ0n) is 11.0. The van der Waals surface area contributed by atoms with E-state index in [1.54, 1.807) is 7.11 Å². The first-order chi connectivity index (χ1) is 8.24. The number of nitrogens with one attached hydrogen (secondary N) is 2. The second-order valence-electron chi connectivity index (χ2n) is 4.51. The fraction of sp³-hybridized carbons (Fsp3) is 0.917. The SMILES string of the molecule is COCCNC(=O)C(C)NCCN1CCCC1. The minimum Gasteiger partial charge on any atom is -0.383 e. The zero-order valence-corrected chi connectivity index (χ0v) is 11.0. The van der Waals surface area contributed by atoms with Gasteiger partial charge >= 0.3 is 0 Å². The minimum atomic E-state index is -0.130. The summed E-state index contributed by atoms with van der Waals surface area (Å²) in [5, 5.41) is 6.06. The van der Waals surface area contributed by atoms with Gasteiger partial charge in [0.1, 0.15) is 0 Å². The number of rotatable bonds is 8. The van der Waals surface area contributed by atoms with E-state index in [4.69, 9.17) is 4.74 Å². The van der Waals surface area contributed by atoms with Crippen LogP contribution >= 0.6 is 0 Å². The summed E-state index contributed by atoms with van der Waals surface area (Å²) < 4.78 is 4.88. The number of hydrogen-bond acceptors (Lipinski definition) is 4. The Hall–Kier alpha value is -0.650. The lowest BCUT2D eigenvalue weighted by Crippen LogP contribution is -2.45. The first-order valence-electron chi connectivity index (χ1n) is 6.46. The molecule has 0 aromatic carbocycles. The smallest absolute Gasteiger partial charge is 0.236 e. The van der Waals surface area contributed by atoms with Crippen molar-refractivity contribution in [3.63, 3.8) is 0 Å². The van der Waals surface area contributed by atoms with Gasteiger partial charge < -0.3 is 20.3 Å². The van der Waals surface area contributed by atoms with Crippen LogP contribution in [0.25, 0.3) is 0 Å². The molecule has 0 radical (unpaired) electrons. The summed E-state index contributed by atoms with van der Waals surface area (Å²) in [6, 6.07) is -0.130. The summed E-state index contributed by atoms with van der Waals surface area (Å²) in [4.78, 5) is 14.0. The number of ether oxygens (including phenoxy) is 1. The standard InChI is InChI=1S/C12H25N3O2/c1-11(12(16)14-6-10-17-2)13-5-9-15-7-3-4-8-15/h11,13H,3-10H2,1-2H3,(H,14,16). The summed E-state index contributed by atoms with van der Waals surface area (Å²) in [5.41, 5.74) is 0. The molecule has 100 valence electrons. The molecule has 1 saturated heterocycles. The lowest BCUT2D eigenvalue weighted by molar-refractivity contribution is -0.122. The highest BCUT2D eigenvalue weighted by molar-refractivity contribution is 5.81. The van der Waals surface area contributed by atoms with E-state index in [9.17, 15) is 4.79 Å². The number of methoxy groups -OCH3 is 1. The predicted octanol–water partition coefficient (Wildman–Crippen LogP) is -0.177. The quantitative estimate of drug-likeness (QED) is 0.581. The van der Waals surface area contributed by atoms with Crippen LogP contribution in [-0.2, 0) is 9.53 Å². The Labute approximate surface area is 104 Å². The highest BCUT2D eigenvalue weighted by atomic mass is 16.5. The van der Waals surface area contributed by atoms with Crippen LogP contribution in [0.15, 0.2) is 0 Å². The molecule has 5 nitrogen and oxygen atoms in total. The molecule has 0 aromatic heterocycles. The second-order valence-corrected chi connectivity index (χ2v) is 4.51. The van der Waals surface area contributed by atoms with Crippen molar-refractivity contribution in [3.05, 3.63) is 0 Å². The van der Waals surface area contributed by atoms with Crippen LogP contribution in [0.1, 0.15) is 19.8 Å². The number of nitrogens with zero attached hydrogens (tertiary/aromatic N) is 1. The van der Waals surface area contributed by atoms with Crippen LogP contribution in [0.3, 0.4) is 0 Å².